The molecule has 0 aliphatic carbocycles. The first-order valence-corrected chi connectivity index (χ1v) is 7.94. The van der Waals surface area contributed by atoms with Crippen LogP contribution in [0.4, 0.5) is 0 Å². The van der Waals surface area contributed by atoms with Crippen molar-refractivity contribution in [2.24, 2.45) is 0 Å². The van der Waals surface area contributed by atoms with Crippen molar-refractivity contribution < 1.29 is 9.47 Å². The van der Waals surface area contributed by atoms with Crippen LogP contribution in [0.15, 0.2) is 24.3 Å². The van der Waals surface area contributed by atoms with Crippen LogP contribution in [0.1, 0.15) is 18.4 Å². The van der Waals surface area contributed by atoms with Crippen LogP contribution >= 0.6 is 11.6 Å². The molecule has 1 aromatic rings. The molecule has 1 saturated heterocycles. The Labute approximate surface area is 132 Å². The van der Waals surface area contributed by atoms with Gasteiger partial charge in [-0.3, -0.25) is 0 Å². The maximum Gasteiger partial charge on any atom is 0.146 e. The normalized spacial score (nSPS) is 17.2. The number of methoxy groups -OCH3 is 1. The summed E-state index contributed by atoms with van der Waals surface area (Å²) in [4.78, 5) is 2.48. The summed E-state index contributed by atoms with van der Waals surface area (Å²) < 4.78 is 10.5. The molecule has 0 aromatic heterocycles. The second-order valence-corrected chi connectivity index (χ2v) is 5.79. The van der Waals surface area contributed by atoms with Gasteiger partial charge in [-0.15, -0.1) is 0 Å². The molecule has 4 nitrogen and oxygen atoms in total. The summed E-state index contributed by atoms with van der Waals surface area (Å²) in [6.07, 6.45) is 2.54. The van der Waals surface area contributed by atoms with Gasteiger partial charge in [0.15, 0.2) is 0 Å². The third-order valence-corrected chi connectivity index (χ3v) is 4.20. The first-order valence-electron chi connectivity index (χ1n) is 7.56. The average Bonchev–Trinajstić information content (AvgIpc) is 2.52. The van der Waals surface area contributed by atoms with Crippen LogP contribution < -0.4 is 5.32 Å². The monoisotopic (exact) mass is 312 g/mol. The average molecular weight is 313 g/mol. The van der Waals surface area contributed by atoms with Gasteiger partial charge in [0.2, 0.25) is 0 Å². The molecule has 0 unspecified atom stereocenters. The van der Waals surface area contributed by atoms with Crippen LogP contribution in [0.25, 0.3) is 0 Å². The lowest BCUT2D eigenvalue weighted by Gasteiger charge is -2.31. The van der Waals surface area contributed by atoms with Gasteiger partial charge in [0.25, 0.3) is 0 Å². The maximum atomic E-state index is 6.14. The summed E-state index contributed by atoms with van der Waals surface area (Å²) in [6.45, 7) is 5.48. The van der Waals surface area contributed by atoms with Crippen molar-refractivity contribution in [3.63, 3.8) is 0 Å². The highest BCUT2D eigenvalue weighted by atomic mass is 35.5. The van der Waals surface area contributed by atoms with Gasteiger partial charge in [0, 0.05) is 44.9 Å². The van der Waals surface area contributed by atoms with Crippen LogP contribution in [-0.4, -0.2) is 51.1 Å². The Hall–Kier alpha value is -0.650. The van der Waals surface area contributed by atoms with Gasteiger partial charge in [-0.2, -0.15) is 0 Å². The SMILES string of the molecule is COCOC1CCN(CCNCc2ccccc2Cl)CC1. The third kappa shape index (κ3) is 5.93. The highest BCUT2D eigenvalue weighted by Gasteiger charge is 2.18. The van der Waals surface area contributed by atoms with Crippen LogP contribution in [0.3, 0.4) is 0 Å². The molecule has 2 rings (SSSR count). The largest absolute Gasteiger partial charge is 0.359 e. The lowest BCUT2D eigenvalue weighted by Crippen LogP contribution is -2.40. The van der Waals surface area contributed by atoms with Crippen molar-refractivity contribution in [1.82, 2.24) is 10.2 Å². The smallest absolute Gasteiger partial charge is 0.146 e. The van der Waals surface area contributed by atoms with E-state index < -0.39 is 0 Å². The number of piperidine rings is 1. The number of rotatable bonds is 8. The summed E-state index contributed by atoms with van der Waals surface area (Å²) in [5, 5.41) is 4.29. The molecular formula is C16H25ClN2O2. The van der Waals surface area contributed by atoms with Crippen molar-refractivity contribution >= 4 is 11.6 Å². The number of nitrogens with zero attached hydrogens (tertiary/aromatic N) is 1. The molecule has 5 heteroatoms. The zero-order chi connectivity index (χ0) is 14.9. The van der Waals surface area contributed by atoms with E-state index in [-0.39, 0.29) is 0 Å². The number of hydrogen-bond acceptors (Lipinski definition) is 4. The minimum absolute atomic E-state index is 0.359. The van der Waals surface area contributed by atoms with Crippen molar-refractivity contribution in [3.8, 4) is 0 Å². The molecule has 0 atom stereocenters. The van der Waals surface area contributed by atoms with Gasteiger partial charge in [-0.05, 0) is 24.5 Å². The van der Waals surface area contributed by atoms with Crippen molar-refractivity contribution in [2.45, 2.75) is 25.5 Å². The standard InChI is InChI=1S/C16H25ClN2O2/c1-20-13-21-15-6-9-19(10-7-15)11-8-18-12-14-4-2-3-5-16(14)17/h2-5,15,18H,6-13H2,1H3. The fourth-order valence-electron chi connectivity index (χ4n) is 2.57. The van der Waals surface area contributed by atoms with E-state index in [4.69, 9.17) is 21.1 Å². The van der Waals surface area contributed by atoms with Crippen molar-refractivity contribution in [1.29, 1.82) is 0 Å². The third-order valence-electron chi connectivity index (χ3n) is 3.83. The first-order chi connectivity index (χ1) is 10.3. The van der Waals surface area contributed by atoms with Gasteiger partial charge < -0.3 is 19.7 Å². The van der Waals surface area contributed by atoms with E-state index in [1.807, 2.05) is 18.2 Å². The van der Waals surface area contributed by atoms with Gasteiger partial charge >= 0.3 is 0 Å². The topological polar surface area (TPSA) is 33.7 Å². The highest BCUT2D eigenvalue weighted by Crippen LogP contribution is 2.15. The molecule has 1 aliphatic rings. The van der Waals surface area contributed by atoms with Gasteiger partial charge in [0.1, 0.15) is 6.79 Å². The maximum absolute atomic E-state index is 6.14. The molecule has 1 heterocycles. The van der Waals surface area contributed by atoms with E-state index >= 15 is 0 Å². The minimum atomic E-state index is 0.359. The van der Waals surface area contributed by atoms with E-state index in [2.05, 4.69) is 16.3 Å². The Bertz CT molecular complexity index is 409. The molecule has 0 radical (unpaired) electrons. The Morgan fingerprint density at radius 1 is 1.29 bits per heavy atom. The summed E-state index contributed by atoms with van der Waals surface area (Å²) >= 11 is 6.14. The van der Waals surface area contributed by atoms with E-state index in [1.165, 1.54) is 0 Å². The summed E-state index contributed by atoms with van der Waals surface area (Å²) in [6, 6.07) is 7.98. The second-order valence-electron chi connectivity index (χ2n) is 5.38. The molecule has 1 N–H and O–H groups in total. The van der Waals surface area contributed by atoms with Crippen molar-refractivity contribution in [2.75, 3.05) is 40.1 Å². The molecule has 118 valence electrons. The van der Waals surface area contributed by atoms with Gasteiger partial charge in [0.05, 0.1) is 6.10 Å². The van der Waals surface area contributed by atoms with E-state index in [9.17, 15) is 0 Å². The Morgan fingerprint density at radius 3 is 2.76 bits per heavy atom. The molecule has 0 spiro atoms. The molecule has 1 fully saturated rings. The zero-order valence-electron chi connectivity index (χ0n) is 12.7. The van der Waals surface area contributed by atoms with Crippen molar-refractivity contribution in [3.05, 3.63) is 34.9 Å². The molecule has 21 heavy (non-hydrogen) atoms. The van der Waals surface area contributed by atoms with Crippen LogP contribution in [0, 0.1) is 0 Å². The number of benzene rings is 1. The first kappa shape index (κ1) is 16.7. The lowest BCUT2D eigenvalue weighted by atomic mass is 10.1. The number of hydrogen-bond donors (Lipinski definition) is 1. The summed E-state index contributed by atoms with van der Waals surface area (Å²) in [5.41, 5.74) is 1.16. The fourth-order valence-corrected chi connectivity index (χ4v) is 2.77. The lowest BCUT2D eigenvalue weighted by molar-refractivity contribution is -0.0884. The number of likely N-dealkylation sites (tertiary alicyclic amines) is 1. The van der Waals surface area contributed by atoms with Crippen LogP contribution in [0.5, 0.6) is 0 Å². The van der Waals surface area contributed by atoms with E-state index in [0.29, 0.717) is 12.9 Å². The van der Waals surface area contributed by atoms with E-state index in [1.54, 1.807) is 7.11 Å². The number of halogens is 1. The summed E-state index contributed by atoms with van der Waals surface area (Å²) in [5.74, 6) is 0. The molecule has 0 amide bonds. The summed E-state index contributed by atoms with van der Waals surface area (Å²) in [7, 11) is 1.67. The predicted octanol–water partition coefficient (Wildman–Crippen LogP) is 2.51. The molecule has 0 bridgehead atoms. The molecule has 0 saturated carbocycles. The Balaban J connectivity index is 1.57. The van der Waals surface area contributed by atoms with Gasteiger partial charge in [-0.1, -0.05) is 29.8 Å². The van der Waals surface area contributed by atoms with Crippen LogP contribution in [-0.2, 0) is 16.0 Å². The molecular weight excluding hydrogens is 288 g/mol. The quantitative estimate of drug-likeness (QED) is 0.591. The number of nitrogens with one attached hydrogen (secondary N) is 1. The fraction of sp³-hybridized carbons (Fsp3) is 0.625. The van der Waals surface area contributed by atoms with Gasteiger partial charge in [-0.25, -0.2) is 0 Å². The molecule has 1 aliphatic heterocycles. The predicted molar refractivity (Wildman–Crippen MR) is 85.6 cm³/mol. The minimum Gasteiger partial charge on any atom is -0.359 e. The zero-order valence-corrected chi connectivity index (χ0v) is 13.4. The van der Waals surface area contributed by atoms with Crippen LogP contribution in [0.2, 0.25) is 5.02 Å². The Morgan fingerprint density at radius 2 is 2.05 bits per heavy atom. The number of ether oxygens (including phenoxy) is 2. The van der Waals surface area contributed by atoms with E-state index in [0.717, 1.165) is 56.2 Å². The Kier molecular flexibility index (Phi) is 7.47. The molecule has 1 aromatic carbocycles. The highest BCUT2D eigenvalue weighted by molar-refractivity contribution is 6.31. The second kappa shape index (κ2) is 9.38.